The third kappa shape index (κ3) is 3.73. The van der Waals surface area contributed by atoms with Gasteiger partial charge in [0.15, 0.2) is 0 Å². The Bertz CT molecular complexity index is 521. The van der Waals surface area contributed by atoms with Gasteiger partial charge in [0.25, 0.3) is 0 Å². The summed E-state index contributed by atoms with van der Waals surface area (Å²) in [5.74, 6) is 0.861. The smallest absolute Gasteiger partial charge is 0.143 e. The molecule has 0 atom stereocenters. The molecule has 0 aliphatic carbocycles. The minimum Gasteiger partial charge on any atom is -0.489 e. The highest BCUT2D eigenvalue weighted by atomic mass is 16.5. The van der Waals surface area contributed by atoms with E-state index in [4.69, 9.17) is 10.5 Å². The Morgan fingerprint density at radius 2 is 1.74 bits per heavy atom. The molecule has 0 bridgehead atoms. The maximum absolute atomic E-state index is 5.78. The molecule has 0 unspecified atom stereocenters. The topological polar surface area (TPSA) is 47.3 Å². The zero-order valence-corrected chi connectivity index (χ0v) is 11.4. The Morgan fingerprint density at radius 3 is 2.37 bits per heavy atom. The van der Waals surface area contributed by atoms with Crippen molar-refractivity contribution in [2.75, 3.05) is 5.32 Å². The molecule has 0 spiro atoms. The lowest BCUT2D eigenvalue weighted by Gasteiger charge is -2.15. The molecule has 0 saturated carbocycles. The largest absolute Gasteiger partial charge is 0.489 e. The molecule has 0 heterocycles. The zero-order valence-electron chi connectivity index (χ0n) is 11.4. The van der Waals surface area contributed by atoms with E-state index in [0.29, 0.717) is 6.54 Å². The Balaban J connectivity index is 2.17. The number of hydrogen-bond acceptors (Lipinski definition) is 3. The molecule has 19 heavy (non-hydrogen) atoms. The molecule has 0 aliphatic heterocycles. The second-order valence-electron chi connectivity index (χ2n) is 4.69. The lowest BCUT2D eigenvalue weighted by atomic mass is 10.2. The van der Waals surface area contributed by atoms with E-state index in [-0.39, 0.29) is 6.10 Å². The minimum atomic E-state index is 0.155. The molecule has 2 rings (SSSR count). The van der Waals surface area contributed by atoms with Gasteiger partial charge in [0.1, 0.15) is 5.75 Å². The van der Waals surface area contributed by atoms with Crippen LogP contribution in [0.4, 0.5) is 11.4 Å². The molecule has 0 radical (unpaired) electrons. The number of benzene rings is 2. The second-order valence-corrected chi connectivity index (χ2v) is 4.69. The van der Waals surface area contributed by atoms with Crippen LogP contribution in [0.1, 0.15) is 19.4 Å². The van der Waals surface area contributed by atoms with E-state index >= 15 is 0 Å². The van der Waals surface area contributed by atoms with E-state index in [1.807, 2.05) is 62.4 Å². The number of nitrogens with two attached hydrogens (primary N) is 1. The lowest BCUT2D eigenvalue weighted by Crippen LogP contribution is -2.07. The highest BCUT2D eigenvalue weighted by molar-refractivity contribution is 5.66. The molecular formula is C16H20N2O. The molecule has 0 saturated heterocycles. The van der Waals surface area contributed by atoms with Crippen molar-refractivity contribution in [1.82, 2.24) is 0 Å². The fraction of sp³-hybridized carbons (Fsp3) is 0.250. The molecule has 0 aromatic heterocycles. The fourth-order valence-electron chi connectivity index (χ4n) is 1.81. The van der Waals surface area contributed by atoms with Crippen LogP contribution in [-0.2, 0) is 6.54 Å². The van der Waals surface area contributed by atoms with Crippen LogP contribution in [-0.4, -0.2) is 6.10 Å². The van der Waals surface area contributed by atoms with Gasteiger partial charge in [-0.15, -0.1) is 0 Å². The summed E-state index contributed by atoms with van der Waals surface area (Å²) in [6.45, 7) is 4.60. The summed E-state index contributed by atoms with van der Waals surface area (Å²) in [6.07, 6.45) is 0.155. The summed E-state index contributed by atoms with van der Waals surface area (Å²) < 4.78 is 5.78. The molecular weight excluding hydrogens is 236 g/mol. The van der Waals surface area contributed by atoms with Gasteiger partial charge in [-0.05, 0) is 43.7 Å². The van der Waals surface area contributed by atoms with Gasteiger partial charge < -0.3 is 15.8 Å². The van der Waals surface area contributed by atoms with Crippen molar-refractivity contribution in [3.63, 3.8) is 0 Å². The number of rotatable bonds is 5. The number of para-hydroxylation sites is 2. The first-order valence-electron chi connectivity index (χ1n) is 6.51. The zero-order chi connectivity index (χ0) is 13.7. The van der Waals surface area contributed by atoms with Crippen LogP contribution >= 0.6 is 0 Å². The second kappa shape index (κ2) is 6.25. The number of hydrogen-bond donors (Lipinski definition) is 2. The fourth-order valence-corrected chi connectivity index (χ4v) is 1.81. The van der Waals surface area contributed by atoms with Crippen LogP contribution < -0.4 is 15.8 Å². The van der Waals surface area contributed by atoms with Gasteiger partial charge in [0.2, 0.25) is 0 Å². The SMILES string of the molecule is CC(C)Oc1ccccc1Nc1ccc(CN)cc1. The van der Waals surface area contributed by atoms with E-state index < -0.39 is 0 Å². The van der Waals surface area contributed by atoms with Crippen molar-refractivity contribution >= 4 is 11.4 Å². The number of nitrogens with one attached hydrogen (secondary N) is 1. The molecule has 100 valence electrons. The Hall–Kier alpha value is -2.00. The molecule has 0 fully saturated rings. The van der Waals surface area contributed by atoms with Gasteiger partial charge in [-0.2, -0.15) is 0 Å². The molecule has 2 aromatic rings. The number of ether oxygens (including phenoxy) is 1. The summed E-state index contributed by atoms with van der Waals surface area (Å²) in [7, 11) is 0. The van der Waals surface area contributed by atoms with E-state index in [1.54, 1.807) is 0 Å². The summed E-state index contributed by atoms with van der Waals surface area (Å²) >= 11 is 0. The van der Waals surface area contributed by atoms with E-state index in [1.165, 1.54) is 0 Å². The van der Waals surface area contributed by atoms with Crippen molar-refractivity contribution in [1.29, 1.82) is 0 Å². The standard InChI is InChI=1S/C16H20N2O/c1-12(2)19-16-6-4-3-5-15(16)18-14-9-7-13(11-17)8-10-14/h3-10,12,18H,11,17H2,1-2H3. The summed E-state index contributed by atoms with van der Waals surface area (Å²) in [4.78, 5) is 0. The first-order valence-corrected chi connectivity index (χ1v) is 6.51. The van der Waals surface area contributed by atoms with Crippen molar-refractivity contribution < 1.29 is 4.74 Å². The Labute approximate surface area is 114 Å². The average Bonchev–Trinajstić information content (AvgIpc) is 2.41. The Morgan fingerprint density at radius 1 is 1.05 bits per heavy atom. The Kier molecular flexibility index (Phi) is 4.42. The van der Waals surface area contributed by atoms with Gasteiger partial charge in [-0.1, -0.05) is 24.3 Å². The van der Waals surface area contributed by atoms with Crippen LogP contribution in [0.5, 0.6) is 5.75 Å². The van der Waals surface area contributed by atoms with Crippen molar-refractivity contribution in [2.45, 2.75) is 26.5 Å². The quantitative estimate of drug-likeness (QED) is 0.858. The van der Waals surface area contributed by atoms with Gasteiger partial charge in [0.05, 0.1) is 11.8 Å². The average molecular weight is 256 g/mol. The number of anilines is 2. The highest BCUT2D eigenvalue weighted by Gasteiger charge is 2.05. The molecule has 2 aromatic carbocycles. The highest BCUT2D eigenvalue weighted by Crippen LogP contribution is 2.28. The maximum Gasteiger partial charge on any atom is 0.143 e. The van der Waals surface area contributed by atoms with E-state index in [9.17, 15) is 0 Å². The third-order valence-corrected chi connectivity index (χ3v) is 2.72. The third-order valence-electron chi connectivity index (χ3n) is 2.72. The molecule has 3 N–H and O–H groups in total. The van der Waals surface area contributed by atoms with Crippen molar-refractivity contribution in [3.05, 3.63) is 54.1 Å². The van der Waals surface area contributed by atoms with Crippen LogP contribution in [0, 0.1) is 0 Å². The van der Waals surface area contributed by atoms with Crippen molar-refractivity contribution in [2.24, 2.45) is 5.73 Å². The van der Waals surface area contributed by atoms with Crippen LogP contribution in [0.2, 0.25) is 0 Å². The predicted molar refractivity (Wildman–Crippen MR) is 79.8 cm³/mol. The predicted octanol–water partition coefficient (Wildman–Crippen LogP) is 3.68. The summed E-state index contributed by atoms with van der Waals surface area (Å²) in [6, 6.07) is 16.0. The van der Waals surface area contributed by atoms with Gasteiger partial charge in [-0.25, -0.2) is 0 Å². The van der Waals surface area contributed by atoms with Gasteiger partial charge in [-0.3, -0.25) is 0 Å². The maximum atomic E-state index is 5.78. The minimum absolute atomic E-state index is 0.155. The van der Waals surface area contributed by atoms with E-state index in [2.05, 4.69) is 5.32 Å². The van der Waals surface area contributed by atoms with Gasteiger partial charge in [0, 0.05) is 12.2 Å². The van der Waals surface area contributed by atoms with Crippen LogP contribution in [0.25, 0.3) is 0 Å². The van der Waals surface area contributed by atoms with Crippen molar-refractivity contribution in [3.8, 4) is 5.75 Å². The normalized spacial score (nSPS) is 10.5. The van der Waals surface area contributed by atoms with Gasteiger partial charge >= 0.3 is 0 Å². The monoisotopic (exact) mass is 256 g/mol. The summed E-state index contributed by atoms with van der Waals surface area (Å²) in [5, 5.41) is 3.36. The first-order chi connectivity index (χ1) is 9.19. The molecule has 3 heteroatoms. The molecule has 0 aliphatic rings. The molecule has 0 amide bonds. The first kappa shape index (κ1) is 13.4. The molecule has 3 nitrogen and oxygen atoms in total. The van der Waals surface area contributed by atoms with Crippen LogP contribution in [0.15, 0.2) is 48.5 Å². The lowest BCUT2D eigenvalue weighted by molar-refractivity contribution is 0.244. The summed E-state index contributed by atoms with van der Waals surface area (Å²) in [5.41, 5.74) is 8.71. The van der Waals surface area contributed by atoms with Crippen LogP contribution in [0.3, 0.4) is 0 Å². The van der Waals surface area contributed by atoms with E-state index in [0.717, 1.165) is 22.7 Å².